The number of nitrogens with zero attached hydrogens (tertiary/aromatic N) is 1. The molecule has 128 valence electrons. The number of thiophene rings is 1. The van der Waals surface area contributed by atoms with Crippen LogP contribution in [0.2, 0.25) is 0 Å². The summed E-state index contributed by atoms with van der Waals surface area (Å²) in [5, 5.41) is 7.59. The Bertz CT molecular complexity index is 656. The number of rotatable bonds is 8. The van der Waals surface area contributed by atoms with Crippen molar-refractivity contribution in [3.8, 4) is 5.75 Å². The maximum absolute atomic E-state index is 12.0. The summed E-state index contributed by atoms with van der Waals surface area (Å²) in [5.41, 5.74) is 0.691. The molecule has 0 fully saturated rings. The van der Waals surface area contributed by atoms with Crippen LogP contribution in [0.25, 0.3) is 0 Å². The topological polar surface area (TPSA) is 70.7 Å². The van der Waals surface area contributed by atoms with Crippen LogP contribution < -0.4 is 15.4 Å². The van der Waals surface area contributed by atoms with Gasteiger partial charge in [0.2, 0.25) is 11.8 Å². The highest BCUT2D eigenvalue weighted by molar-refractivity contribution is 7.09. The molecular weight excluding hydrogens is 326 g/mol. The molecule has 1 aromatic heterocycles. The fourth-order valence-corrected chi connectivity index (χ4v) is 2.72. The Hall–Kier alpha value is -2.38. The lowest BCUT2D eigenvalue weighted by Crippen LogP contribution is -2.38. The third kappa shape index (κ3) is 6.02. The molecule has 0 bridgehead atoms. The van der Waals surface area contributed by atoms with Gasteiger partial charge >= 0.3 is 0 Å². The van der Waals surface area contributed by atoms with E-state index in [1.54, 1.807) is 54.7 Å². The monoisotopic (exact) mass is 347 g/mol. The number of hydrogen-bond acceptors (Lipinski definition) is 5. The Morgan fingerprint density at radius 3 is 2.46 bits per heavy atom. The van der Waals surface area contributed by atoms with Gasteiger partial charge in [0.25, 0.3) is 0 Å². The van der Waals surface area contributed by atoms with Crippen LogP contribution in [0.4, 0.5) is 5.69 Å². The molecule has 24 heavy (non-hydrogen) atoms. The maximum atomic E-state index is 12.0. The van der Waals surface area contributed by atoms with Crippen molar-refractivity contribution in [1.82, 2.24) is 10.2 Å². The van der Waals surface area contributed by atoms with E-state index in [1.807, 2.05) is 17.5 Å². The number of amides is 2. The van der Waals surface area contributed by atoms with Gasteiger partial charge in [0, 0.05) is 10.6 Å². The van der Waals surface area contributed by atoms with E-state index in [0.29, 0.717) is 12.2 Å². The van der Waals surface area contributed by atoms with Crippen LogP contribution in [0.5, 0.6) is 5.75 Å². The highest BCUT2D eigenvalue weighted by Gasteiger charge is 2.11. The first kappa shape index (κ1) is 18.0. The van der Waals surface area contributed by atoms with E-state index in [0.717, 1.165) is 10.6 Å². The van der Waals surface area contributed by atoms with Crippen LogP contribution in [0.3, 0.4) is 0 Å². The molecule has 0 saturated heterocycles. The summed E-state index contributed by atoms with van der Waals surface area (Å²) >= 11 is 1.60. The summed E-state index contributed by atoms with van der Waals surface area (Å²) in [7, 11) is 3.32. The molecule has 0 unspecified atom stereocenters. The van der Waals surface area contributed by atoms with Crippen molar-refractivity contribution in [3.63, 3.8) is 0 Å². The van der Waals surface area contributed by atoms with Gasteiger partial charge in [-0.3, -0.25) is 14.5 Å². The lowest BCUT2D eigenvalue weighted by molar-refractivity contribution is -0.123. The molecule has 1 aromatic carbocycles. The number of benzene rings is 1. The number of nitrogens with one attached hydrogen (secondary N) is 2. The highest BCUT2D eigenvalue weighted by atomic mass is 32.1. The lowest BCUT2D eigenvalue weighted by Gasteiger charge is -2.16. The van der Waals surface area contributed by atoms with Crippen LogP contribution in [0, 0.1) is 0 Å². The molecule has 0 atom stereocenters. The fraction of sp³-hybridized carbons (Fsp3) is 0.294. The summed E-state index contributed by atoms with van der Waals surface area (Å²) in [6.07, 6.45) is 0. The first-order valence-electron chi connectivity index (χ1n) is 7.48. The highest BCUT2D eigenvalue weighted by Crippen LogP contribution is 2.14. The van der Waals surface area contributed by atoms with Crippen molar-refractivity contribution < 1.29 is 14.3 Å². The second-order valence-corrected chi connectivity index (χ2v) is 6.34. The molecular formula is C17H21N3O3S. The fourth-order valence-electron chi connectivity index (χ4n) is 2.08. The maximum Gasteiger partial charge on any atom is 0.238 e. The Morgan fingerprint density at radius 1 is 1.12 bits per heavy atom. The second-order valence-electron chi connectivity index (χ2n) is 5.31. The molecule has 6 nitrogen and oxygen atoms in total. The summed E-state index contributed by atoms with van der Waals surface area (Å²) < 4.78 is 5.07. The van der Waals surface area contributed by atoms with Crippen molar-refractivity contribution in [3.05, 3.63) is 46.7 Å². The van der Waals surface area contributed by atoms with Crippen molar-refractivity contribution in [1.29, 1.82) is 0 Å². The van der Waals surface area contributed by atoms with Gasteiger partial charge in [-0.1, -0.05) is 6.07 Å². The third-order valence-corrected chi connectivity index (χ3v) is 4.12. The Balaban J connectivity index is 1.71. The van der Waals surface area contributed by atoms with E-state index in [1.165, 1.54) is 0 Å². The minimum atomic E-state index is -0.172. The van der Waals surface area contributed by atoms with Crippen LogP contribution >= 0.6 is 11.3 Å². The van der Waals surface area contributed by atoms with E-state index in [2.05, 4.69) is 10.6 Å². The number of carbonyl (C=O) groups excluding carboxylic acids is 2. The normalized spacial score (nSPS) is 10.5. The third-order valence-electron chi connectivity index (χ3n) is 3.24. The van der Waals surface area contributed by atoms with E-state index >= 15 is 0 Å². The lowest BCUT2D eigenvalue weighted by atomic mass is 10.3. The van der Waals surface area contributed by atoms with Crippen LogP contribution in [0.1, 0.15) is 4.88 Å². The molecule has 1 heterocycles. The first-order valence-corrected chi connectivity index (χ1v) is 8.36. The Kier molecular flexibility index (Phi) is 6.77. The largest absolute Gasteiger partial charge is 0.497 e. The molecule has 0 aliphatic rings. The summed E-state index contributed by atoms with van der Waals surface area (Å²) in [6, 6.07) is 11.0. The molecule has 7 heteroatoms. The molecule has 2 N–H and O–H groups in total. The first-order chi connectivity index (χ1) is 11.6. The van der Waals surface area contributed by atoms with Gasteiger partial charge in [0.1, 0.15) is 5.75 Å². The second kappa shape index (κ2) is 9.05. The molecule has 0 aliphatic heterocycles. The van der Waals surface area contributed by atoms with Gasteiger partial charge in [-0.05, 0) is 42.8 Å². The minimum Gasteiger partial charge on any atom is -0.497 e. The molecule has 0 aliphatic carbocycles. The van der Waals surface area contributed by atoms with Crippen LogP contribution in [0.15, 0.2) is 41.8 Å². The van der Waals surface area contributed by atoms with Crippen molar-refractivity contribution in [2.75, 3.05) is 32.6 Å². The molecule has 2 amide bonds. The number of carbonyl (C=O) groups is 2. The van der Waals surface area contributed by atoms with Crippen molar-refractivity contribution >= 4 is 28.8 Å². The zero-order chi connectivity index (χ0) is 17.4. The van der Waals surface area contributed by atoms with Crippen LogP contribution in [-0.4, -0.2) is 44.0 Å². The predicted octanol–water partition coefficient (Wildman–Crippen LogP) is 1.94. The zero-order valence-corrected chi connectivity index (χ0v) is 14.6. The van der Waals surface area contributed by atoms with Gasteiger partial charge in [-0.25, -0.2) is 0 Å². The van der Waals surface area contributed by atoms with Gasteiger partial charge in [-0.15, -0.1) is 11.3 Å². The van der Waals surface area contributed by atoms with Gasteiger partial charge in [0.15, 0.2) is 0 Å². The summed E-state index contributed by atoms with van der Waals surface area (Å²) in [5.74, 6) is 0.449. The molecule has 0 radical (unpaired) electrons. The average Bonchev–Trinajstić information content (AvgIpc) is 3.07. The summed E-state index contributed by atoms with van der Waals surface area (Å²) in [6.45, 7) is 0.822. The SMILES string of the molecule is COc1ccc(NC(=O)CN(C)CC(=O)NCc2cccs2)cc1. The zero-order valence-electron chi connectivity index (χ0n) is 13.7. The number of likely N-dealkylation sites (N-methyl/N-ethyl adjacent to an activating group) is 1. The Morgan fingerprint density at radius 2 is 1.83 bits per heavy atom. The molecule has 2 rings (SSSR count). The molecule has 2 aromatic rings. The van der Waals surface area contributed by atoms with Crippen molar-refractivity contribution in [2.24, 2.45) is 0 Å². The van der Waals surface area contributed by atoms with Gasteiger partial charge in [-0.2, -0.15) is 0 Å². The average molecular weight is 347 g/mol. The Labute approximate surface area is 145 Å². The number of hydrogen-bond donors (Lipinski definition) is 2. The van der Waals surface area contributed by atoms with E-state index in [9.17, 15) is 9.59 Å². The number of anilines is 1. The van der Waals surface area contributed by atoms with E-state index in [4.69, 9.17) is 4.74 Å². The smallest absolute Gasteiger partial charge is 0.238 e. The van der Waals surface area contributed by atoms with E-state index < -0.39 is 0 Å². The summed E-state index contributed by atoms with van der Waals surface area (Å²) in [4.78, 5) is 26.6. The minimum absolute atomic E-state index is 0.108. The van der Waals surface area contributed by atoms with Gasteiger partial charge in [0.05, 0.1) is 26.7 Å². The molecule has 0 saturated carbocycles. The molecule has 0 spiro atoms. The van der Waals surface area contributed by atoms with Crippen LogP contribution in [-0.2, 0) is 16.1 Å². The standard InChI is InChI=1S/C17H21N3O3S/c1-20(11-16(21)18-10-15-4-3-9-24-15)12-17(22)19-13-5-7-14(23-2)8-6-13/h3-9H,10-12H2,1-2H3,(H,18,21)(H,19,22). The number of methoxy groups -OCH3 is 1. The quantitative estimate of drug-likeness (QED) is 0.766. The predicted molar refractivity (Wildman–Crippen MR) is 95.3 cm³/mol. The number of ether oxygens (including phenoxy) is 1. The van der Waals surface area contributed by atoms with Crippen molar-refractivity contribution in [2.45, 2.75) is 6.54 Å². The van der Waals surface area contributed by atoms with Gasteiger partial charge < -0.3 is 15.4 Å². The van der Waals surface area contributed by atoms with E-state index in [-0.39, 0.29) is 24.9 Å².